The number of hydrogen-bond donors (Lipinski definition) is 1. The normalized spacial score (nSPS) is 12.2. The lowest BCUT2D eigenvalue weighted by Crippen LogP contribution is -2.41. The Morgan fingerprint density at radius 1 is 0.967 bits per heavy atom. The number of nitrogens with one attached hydrogen (secondary N) is 1. The quantitative estimate of drug-likeness (QED) is 0.616. The molecule has 1 N–H and O–H groups in total. The molecule has 0 heterocycles. The van der Waals surface area contributed by atoms with E-state index in [4.69, 9.17) is 0 Å². The predicted molar refractivity (Wildman–Crippen MR) is 115 cm³/mol. The molecule has 0 bridgehead atoms. The summed E-state index contributed by atoms with van der Waals surface area (Å²) in [6.45, 7) is 3.25. The van der Waals surface area contributed by atoms with E-state index in [0.717, 1.165) is 27.6 Å². The van der Waals surface area contributed by atoms with Crippen molar-refractivity contribution in [2.75, 3.05) is 10.8 Å². The van der Waals surface area contributed by atoms with Gasteiger partial charge in [-0.2, -0.15) is 0 Å². The molecule has 0 radical (unpaired) electrons. The van der Waals surface area contributed by atoms with Crippen LogP contribution in [0.5, 0.6) is 0 Å². The monoisotopic (exact) mass is 426 g/mol. The van der Waals surface area contributed by atoms with Gasteiger partial charge in [-0.1, -0.05) is 48.0 Å². The van der Waals surface area contributed by atoms with E-state index in [-0.39, 0.29) is 16.6 Å². The van der Waals surface area contributed by atoms with Crippen LogP contribution in [-0.2, 0) is 14.8 Å². The third-order valence-corrected chi connectivity index (χ3v) is 6.48. The number of carbonyl (C=O) groups excluding carboxylic acids is 1. The molecule has 0 aliphatic heterocycles. The van der Waals surface area contributed by atoms with Crippen LogP contribution >= 0.6 is 0 Å². The lowest BCUT2D eigenvalue weighted by Gasteiger charge is -2.25. The molecule has 0 fully saturated rings. The van der Waals surface area contributed by atoms with Gasteiger partial charge in [-0.05, 0) is 55.8 Å². The summed E-state index contributed by atoms with van der Waals surface area (Å²) in [5, 5.41) is 2.82. The molecular weight excluding hydrogens is 403 g/mol. The second-order valence-corrected chi connectivity index (χ2v) is 8.86. The van der Waals surface area contributed by atoms with Crippen LogP contribution < -0.4 is 9.62 Å². The number of sulfonamides is 1. The summed E-state index contributed by atoms with van der Waals surface area (Å²) in [4.78, 5) is 12.8. The first-order valence-corrected chi connectivity index (χ1v) is 10.9. The maximum absolute atomic E-state index is 13.4. The zero-order valence-corrected chi connectivity index (χ0v) is 17.6. The minimum Gasteiger partial charge on any atom is -0.348 e. The number of rotatable bonds is 7. The fourth-order valence-corrected chi connectivity index (χ4v) is 4.42. The number of hydrogen-bond acceptors (Lipinski definition) is 3. The Kier molecular flexibility index (Phi) is 6.52. The summed E-state index contributed by atoms with van der Waals surface area (Å²) in [5.41, 5.74) is 2.02. The van der Waals surface area contributed by atoms with Crippen molar-refractivity contribution in [3.8, 4) is 0 Å². The Labute approximate surface area is 176 Å². The molecule has 1 amide bonds. The molecule has 0 saturated heterocycles. The summed E-state index contributed by atoms with van der Waals surface area (Å²) in [6.07, 6.45) is 0. The number of aryl methyl sites for hydroxylation is 1. The first kappa shape index (κ1) is 21.5. The largest absolute Gasteiger partial charge is 0.348 e. The van der Waals surface area contributed by atoms with Gasteiger partial charge in [0.2, 0.25) is 5.91 Å². The van der Waals surface area contributed by atoms with Crippen molar-refractivity contribution in [2.24, 2.45) is 0 Å². The van der Waals surface area contributed by atoms with E-state index in [1.54, 1.807) is 12.1 Å². The molecule has 3 aromatic rings. The van der Waals surface area contributed by atoms with Crippen molar-refractivity contribution in [1.29, 1.82) is 0 Å². The molecular formula is C23H23FN2O3S. The molecule has 7 heteroatoms. The van der Waals surface area contributed by atoms with Crippen LogP contribution in [0.3, 0.4) is 0 Å². The van der Waals surface area contributed by atoms with Gasteiger partial charge in [-0.3, -0.25) is 9.10 Å². The van der Waals surface area contributed by atoms with Crippen LogP contribution in [0.2, 0.25) is 0 Å². The van der Waals surface area contributed by atoms with E-state index in [1.807, 2.05) is 44.2 Å². The van der Waals surface area contributed by atoms with E-state index >= 15 is 0 Å². The lowest BCUT2D eigenvalue weighted by atomic mass is 10.1. The molecule has 0 saturated carbocycles. The summed E-state index contributed by atoms with van der Waals surface area (Å²) >= 11 is 0. The number of anilines is 1. The van der Waals surface area contributed by atoms with Crippen molar-refractivity contribution in [3.63, 3.8) is 0 Å². The van der Waals surface area contributed by atoms with Gasteiger partial charge in [0.15, 0.2) is 0 Å². The van der Waals surface area contributed by atoms with Crippen LogP contribution in [-0.4, -0.2) is 20.9 Å². The van der Waals surface area contributed by atoms with Crippen molar-refractivity contribution in [1.82, 2.24) is 5.32 Å². The van der Waals surface area contributed by atoms with Crippen molar-refractivity contribution >= 4 is 21.6 Å². The maximum atomic E-state index is 13.4. The van der Waals surface area contributed by atoms with E-state index < -0.39 is 28.3 Å². The molecule has 30 heavy (non-hydrogen) atoms. The smallest absolute Gasteiger partial charge is 0.264 e. The third-order valence-electron chi connectivity index (χ3n) is 4.69. The second-order valence-electron chi connectivity index (χ2n) is 7.00. The summed E-state index contributed by atoms with van der Waals surface area (Å²) in [5.74, 6) is -0.958. The van der Waals surface area contributed by atoms with Gasteiger partial charge in [0, 0.05) is 0 Å². The fourth-order valence-electron chi connectivity index (χ4n) is 3.00. The molecule has 0 aromatic heterocycles. The maximum Gasteiger partial charge on any atom is 0.264 e. The fraction of sp³-hybridized carbons (Fsp3) is 0.174. The van der Waals surface area contributed by atoms with Gasteiger partial charge >= 0.3 is 0 Å². The van der Waals surface area contributed by atoms with Gasteiger partial charge in [0.1, 0.15) is 12.4 Å². The molecule has 3 rings (SSSR count). The van der Waals surface area contributed by atoms with Crippen molar-refractivity contribution in [3.05, 3.63) is 95.8 Å². The topological polar surface area (TPSA) is 66.5 Å². The van der Waals surface area contributed by atoms with Crippen LogP contribution in [0.1, 0.15) is 24.1 Å². The molecule has 5 nitrogen and oxygen atoms in total. The van der Waals surface area contributed by atoms with Gasteiger partial charge < -0.3 is 5.32 Å². The van der Waals surface area contributed by atoms with Crippen LogP contribution in [0.25, 0.3) is 0 Å². The number of amides is 1. The number of carbonyl (C=O) groups is 1. The summed E-state index contributed by atoms with van der Waals surface area (Å²) in [7, 11) is -4.03. The summed E-state index contributed by atoms with van der Waals surface area (Å²) < 4.78 is 40.9. The predicted octanol–water partition coefficient (Wildman–Crippen LogP) is 4.21. The summed E-state index contributed by atoms with van der Waals surface area (Å²) in [6, 6.07) is 20.4. The first-order valence-electron chi connectivity index (χ1n) is 9.46. The SMILES string of the molecule is Cc1ccc(S(=O)(=O)N(CC(=O)N[C@@H](C)c2ccccc2)c2ccc(F)cc2)cc1. The number of benzene rings is 3. The molecule has 156 valence electrons. The highest BCUT2D eigenvalue weighted by Gasteiger charge is 2.27. The van der Waals surface area contributed by atoms with Crippen LogP contribution in [0.15, 0.2) is 83.8 Å². The molecule has 0 spiro atoms. The highest BCUT2D eigenvalue weighted by molar-refractivity contribution is 7.92. The average molecular weight is 427 g/mol. The first-order chi connectivity index (χ1) is 14.3. The minimum absolute atomic E-state index is 0.0568. The van der Waals surface area contributed by atoms with E-state index in [2.05, 4.69) is 5.32 Å². The Hall–Kier alpha value is -3.19. The Morgan fingerprint density at radius 3 is 2.17 bits per heavy atom. The van der Waals surface area contributed by atoms with Gasteiger partial charge in [0.05, 0.1) is 16.6 Å². The molecule has 0 aliphatic rings. The van der Waals surface area contributed by atoms with Gasteiger partial charge in [-0.25, -0.2) is 12.8 Å². The molecule has 0 aliphatic carbocycles. The zero-order valence-electron chi connectivity index (χ0n) is 16.7. The minimum atomic E-state index is -4.03. The Balaban J connectivity index is 1.89. The van der Waals surface area contributed by atoms with Crippen LogP contribution in [0, 0.1) is 12.7 Å². The standard InChI is InChI=1S/C23H23FN2O3S/c1-17-8-14-22(15-9-17)30(28,29)26(21-12-10-20(24)11-13-21)16-23(27)25-18(2)19-6-4-3-5-7-19/h3-15,18H,16H2,1-2H3,(H,25,27)/t18-/m0/s1. The van der Waals surface area contributed by atoms with E-state index in [0.29, 0.717) is 0 Å². The van der Waals surface area contributed by atoms with Gasteiger partial charge in [-0.15, -0.1) is 0 Å². The highest BCUT2D eigenvalue weighted by atomic mass is 32.2. The van der Waals surface area contributed by atoms with Crippen molar-refractivity contribution in [2.45, 2.75) is 24.8 Å². The lowest BCUT2D eigenvalue weighted by molar-refractivity contribution is -0.120. The Morgan fingerprint density at radius 2 is 1.57 bits per heavy atom. The average Bonchev–Trinajstić information content (AvgIpc) is 2.73. The Bertz CT molecular complexity index is 1100. The number of halogens is 1. The number of nitrogens with zero attached hydrogens (tertiary/aromatic N) is 1. The third kappa shape index (κ3) is 5.04. The van der Waals surface area contributed by atoms with E-state index in [1.165, 1.54) is 24.3 Å². The second kappa shape index (κ2) is 9.09. The highest BCUT2D eigenvalue weighted by Crippen LogP contribution is 2.24. The molecule has 1 atom stereocenters. The molecule has 3 aromatic carbocycles. The molecule has 0 unspecified atom stereocenters. The van der Waals surface area contributed by atoms with Crippen molar-refractivity contribution < 1.29 is 17.6 Å². The van der Waals surface area contributed by atoms with E-state index in [9.17, 15) is 17.6 Å². The van der Waals surface area contributed by atoms with Gasteiger partial charge in [0.25, 0.3) is 10.0 Å². The zero-order chi connectivity index (χ0) is 21.7. The van der Waals surface area contributed by atoms with Crippen LogP contribution in [0.4, 0.5) is 10.1 Å².